The average molecular weight is 380 g/mol. The number of nitrogens with zero attached hydrogens (tertiary/aromatic N) is 2. The number of benzene rings is 1. The van der Waals surface area contributed by atoms with Gasteiger partial charge in [-0.2, -0.15) is 0 Å². The van der Waals surface area contributed by atoms with E-state index in [-0.39, 0.29) is 17.6 Å². The molecular weight excluding hydrogens is 360 g/mol. The number of Topliss-reactive ketones (excluding diaryl/α,β-unsaturated/α-hetero) is 1. The zero-order valence-electron chi connectivity index (χ0n) is 14.8. The van der Waals surface area contributed by atoms with Crippen LogP contribution in [0.3, 0.4) is 0 Å². The number of H-pyrrole nitrogens is 1. The van der Waals surface area contributed by atoms with Crippen molar-refractivity contribution in [3.8, 4) is 0 Å². The summed E-state index contributed by atoms with van der Waals surface area (Å²) in [5, 5.41) is 5.07. The predicted molar refractivity (Wildman–Crippen MR) is 104 cm³/mol. The number of ketones is 1. The highest BCUT2D eigenvalue weighted by molar-refractivity contribution is 7.11. The van der Waals surface area contributed by atoms with Crippen molar-refractivity contribution in [3.05, 3.63) is 51.6 Å². The first-order valence-corrected chi connectivity index (χ1v) is 10.1. The normalized spacial score (nSPS) is 17.0. The molecule has 0 unspecified atom stereocenters. The molecule has 0 atom stereocenters. The van der Waals surface area contributed by atoms with Gasteiger partial charge in [-0.25, -0.2) is 4.98 Å². The van der Waals surface area contributed by atoms with E-state index in [1.807, 2.05) is 35.2 Å². The van der Waals surface area contributed by atoms with Crippen LogP contribution >= 0.6 is 11.3 Å². The summed E-state index contributed by atoms with van der Waals surface area (Å²) in [5.74, 6) is 0.431. The Kier molecular flexibility index (Phi) is 4.06. The minimum absolute atomic E-state index is 0.0171. The molecule has 4 heterocycles. The van der Waals surface area contributed by atoms with Crippen molar-refractivity contribution in [2.75, 3.05) is 19.6 Å². The Morgan fingerprint density at radius 1 is 1.26 bits per heavy atom. The van der Waals surface area contributed by atoms with Gasteiger partial charge in [-0.15, -0.1) is 11.3 Å². The topological polar surface area (TPSA) is 78.1 Å². The highest BCUT2D eigenvalue weighted by Crippen LogP contribution is 2.27. The van der Waals surface area contributed by atoms with E-state index in [0.717, 1.165) is 46.0 Å². The van der Waals surface area contributed by atoms with Crippen molar-refractivity contribution in [1.29, 1.82) is 0 Å². The lowest BCUT2D eigenvalue weighted by molar-refractivity contribution is -0.123. The van der Waals surface area contributed by atoms with E-state index >= 15 is 0 Å². The molecule has 1 saturated heterocycles. The van der Waals surface area contributed by atoms with Crippen LogP contribution in [0.1, 0.15) is 26.1 Å². The Morgan fingerprint density at radius 3 is 2.89 bits per heavy atom. The molecule has 138 valence electrons. The van der Waals surface area contributed by atoms with Crippen molar-refractivity contribution in [2.45, 2.75) is 19.4 Å². The number of thiazole rings is 1. The lowest BCUT2D eigenvalue weighted by Crippen LogP contribution is -2.47. The van der Waals surface area contributed by atoms with E-state index in [1.54, 1.807) is 11.3 Å². The molecule has 1 amide bonds. The first kappa shape index (κ1) is 16.6. The number of carbonyl (C=O) groups is 2. The number of carbonyl (C=O) groups excluding carboxylic acids is 2. The van der Waals surface area contributed by atoms with Crippen molar-refractivity contribution >= 4 is 33.9 Å². The fourth-order valence-electron chi connectivity index (χ4n) is 3.67. The van der Waals surface area contributed by atoms with Crippen molar-refractivity contribution in [2.24, 2.45) is 5.92 Å². The maximum Gasteiger partial charge on any atom is 0.270 e. The van der Waals surface area contributed by atoms with E-state index in [1.165, 1.54) is 0 Å². The average Bonchev–Trinajstić information content (AvgIpc) is 3.21. The standard InChI is InChI=1S/C20H20N4O2S/c25-17(13-9-21-10-13)8-19-23-15-5-6-24(11-18(15)27-19)20(26)16-7-12-3-1-2-4-14(12)22-16/h1-4,7,13,21-22H,5-6,8-11H2. The Morgan fingerprint density at radius 2 is 2.11 bits per heavy atom. The molecule has 5 rings (SSSR count). The van der Waals surface area contributed by atoms with Gasteiger partial charge in [-0.05, 0) is 12.1 Å². The molecule has 3 aromatic rings. The molecule has 0 saturated carbocycles. The van der Waals surface area contributed by atoms with E-state index in [9.17, 15) is 9.59 Å². The van der Waals surface area contributed by atoms with E-state index in [4.69, 9.17) is 0 Å². The van der Waals surface area contributed by atoms with Crippen LogP contribution < -0.4 is 5.32 Å². The molecule has 7 heteroatoms. The summed E-state index contributed by atoms with van der Waals surface area (Å²) in [6.07, 6.45) is 1.16. The van der Waals surface area contributed by atoms with Crippen LogP contribution in [0, 0.1) is 5.92 Å². The SMILES string of the molecule is O=C(Cc1nc2c(s1)CN(C(=O)c1cc3ccccc3[nH]1)CC2)C1CNC1. The first-order valence-electron chi connectivity index (χ1n) is 9.25. The van der Waals surface area contributed by atoms with Crippen LogP contribution in [0.2, 0.25) is 0 Å². The lowest BCUT2D eigenvalue weighted by Gasteiger charge is -2.25. The number of hydrogen-bond donors (Lipinski definition) is 2. The van der Waals surface area contributed by atoms with Gasteiger partial charge in [0.05, 0.1) is 18.7 Å². The highest BCUT2D eigenvalue weighted by atomic mass is 32.1. The van der Waals surface area contributed by atoms with E-state index < -0.39 is 0 Å². The number of rotatable bonds is 4. The van der Waals surface area contributed by atoms with Crippen LogP contribution in [-0.4, -0.2) is 46.2 Å². The van der Waals surface area contributed by atoms with Gasteiger partial charge in [0.2, 0.25) is 0 Å². The van der Waals surface area contributed by atoms with Crippen molar-refractivity contribution < 1.29 is 9.59 Å². The Labute approximate surface area is 160 Å². The summed E-state index contributed by atoms with van der Waals surface area (Å²) in [6.45, 7) is 2.80. The Balaban J connectivity index is 1.31. The number of nitrogens with one attached hydrogen (secondary N) is 2. The summed E-state index contributed by atoms with van der Waals surface area (Å²) >= 11 is 1.58. The fourth-order valence-corrected chi connectivity index (χ4v) is 4.81. The maximum atomic E-state index is 12.9. The zero-order chi connectivity index (χ0) is 18.4. The molecular formula is C20H20N4O2S. The van der Waals surface area contributed by atoms with Gasteiger partial charge >= 0.3 is 0 Å². The molecule has 1 aromatic carbocycles. The summed E-state index contributed by atoms with van der Waals surface area (Å²) < 4.78 is 0. The molecule has 2 N–H and O–H groups in total. The first-order chi connectivity index (χ1) is 13.2. The molecule has 2 aliphatic heterocycles. The van der Waals surface area contributed by atoms with Crippen LogP contribution in [0.4, 0.5) is 0 Å². The molecule has 6 nitrogen and oxygen atoms in total. The Bertz CT molecular complexity index is 1000. The van der Waals surface area contributed by atoms with E-state index in [2.05, 4.69) is 15.3 Å². The fraction of sp³-hybridized carbons (Fsp3) is 0.350. The second-order valence-electron chi connectivity index (χ2n) is 7.22. The number of fused-ring (bicyclic) bond motifs is 2. The number of hydrogen-bond acceptors (Lipinski definition) is 5. The van der Waals surface area contributed by atoms with Gasteiger partial charge in [0.25, 0.3) is 5.91 Å². The minimum atomic E-state index is 0.0171. The van der Waals surface area contributed by atoms with Gasteiger partial charge in [-0.1, -0.05) is 18.2 Å². The number of aromatic nitrogens is 2. The molecule has 1 fully saturated rings. The molecule has 2 aromatic heterocycles. The highest BCUT2D eigenvalue weighted by Gasteiger charge is 2.28. The maximum absolute atomic E-state index is 12.9. The molecule has 0 radical (unpaired) electrons. The number of aromatic amines is 1. The third kappa shape index (κ3) is 3.07. The van der Waals surface area contributed by atoms with E-state index in [0.29, 0.717) is 25.2 Å². The second kappa shape index (κ2) is 6.58. The van der Waals surface area contributed by atoms with Gasteiger partial charge in [0, 0.05) is 47.8 Å². The summed E-state index contributed by atoms with van der Waals surface area (Å²) in [7, 11) is 0. The summed E-state index contributed by atoms with van der Waals surface area (Å²) in [6, 6.07) is 9.82. The number of para-hydroxylation sites is 1. The third-order valence-corrected chi connectivity index (χ3v) is 6.47. The third-order valence-electron chi connectivity index (χ3n) is 5.39. The monoisotopic (exact) mass is 380 g/mol. The van der Waals surface area contributed by atoms with Crippen LogP contribution in [0.5, 0.6) is 0 Å². The molecule has 0 spiro atoms. The second-order valence-corrected chi connectivity index (χ2v) is 8.39. The van der Waals surface area contributed by atoms with Crippen molar-refractivity contribution in [3.63, 3.8) is 0 Å². The van der Waals surface area contributed by atoms with Crippen LogP contribution in [0.15, 0.2) is 30.3 Å². The van der Waals surface area contributed by atoms with Crippen LogP contribution in [0.25, 0.3) is 10.9 Å². The molecule has 27 heavy (non-hydrogen) atoms. The van der Waals surface area contributed by atoms with Gasteiger partial charge in [0.15, 0.2) is 0 Å². The quantitative estimate of drug-likeness (QED) is 0.727. The largest absolute Gasteiger partial charge is 0.351 e. The van der Waals surface area contributed by atoms with Gasteiger partial charge < -0.3 is 15.2 Å². The summed E-state index contributed by atoms with van der Waals surface area (Å²) in [5.41, 5.74) is 2.65. The summed E-state index contributed by atoms with van der Waals surface area (Å²) in [4.78, 5) is 36.0. The lowest BCUT2D eigenvalue weighted by atomic mass is 9.96. The van der Waals surface area contributed by atoms with Crippen LogP contribution in [-0.2, 0) is 24.2 Å². The van der Waals surface area contributed by atoms with Gasteiger partial charge in [-0.3, -0.25) is 9.59 Å². The molecule has 0 aliphatic carbocycles. The minimum Gasteiger partial charge on any atom is -0.351 e. The molecule has 2 aliphatic rings. The predicted octanol–water partition coefficient (Wildman–Crippen LogP) is 2.15. The van der Waals surface area contributed by atoms with Gasteiger partial charge in [0.1, 0.15) is 16.5 Å². The smallest absolute Gasteiger partial charge is 0.270 e. The Hall–Kier alpha value is -2.51. The molecule has 0 bridgehead atoms. The van der Waals surface area contributed by atoms with Crippen molar-refractivity contribution in [1.82, 2.24) is 20.2 Å². The number of amides is 1. The zero-order valence-corrected chi connectivity index (χ0v) is 15.6.